The van der Waals surface area contributed by atoms with Gasteiger partial charge in [0.1, 0.15) is 18.3 Å². The monoisotopic (exact) mass is 633 g/mol. The number of anilines is 1. The second kappa shape index (κ2) is 14.9. The SMILES string of the molecule is COc1cccc(N(CC(=O)N(Cc2ccccc2Cl)[C@@H](Cc2ccccc2)C(=O)NC(C)C)S(=O)(=O)c2ccccc2)c1. The Morgan fingerprint density at radius 3 is 2.14 bits per heavy atom. The van der Waals surface area contributed by atoms with Gasteiger partial charge in [0.2, 0.25) is 11.8 Å². The summed E-state index contributed by atoms with van der Waals surface area (Å²) in [5.74, 6) is -0.510. The number of hydrogen-bond donors (Lipinski definition) is 1. The van der Waals surface area contributed by atoms with Gasteiger partial charge in [0.25, 0.3) is 10.0 Å². The van der Waals surface area contributed by atoms with Crippen LogP contribution in [0.15, 0.2) is 114 Å². The van der Waals surface area contributed by atoms with E-state index < -0.39 is 28.5 Å². The molecule has 0 spiro atoms. The first-order chi connectivity index (χ1) is 21.1. The average Bonchev–Trinajstić information content (AvgIpc) is 3.02. The van der Waals surface area contributed by atoms with Crippen molar-refractivity contribution in [3.63, 3.8) is 0 Å². The van der Waals surface area contributed by atoms with E-state index in [1.807, 2.05) is 44.2 Å². The lowest BCUT2D eigenvalue weighted by Crippen LogP contribution is -2.54. The lowest BCUT2D eigenvalue weighted by Gasteiger charge is -2.34. The molecule has 2 amide bonds. The highest BCUT2D eigenvalue weighted by Crippen LogP contribution is 2.28. The number of carbonyl (C=O) groups is 2. The van der Waals surface area contributed by atoms with Crippen LogP contribution in [0.2, 0.25) is 5.02 Å². The molecule has 1 atom stereocenters. The maximum Gasteiger partial charge on any atom is 0.264 e. The number of nitrogens with zero attached hydrogens (tertiary/aromatic N) is 2. The number of halogens is 1. The number of methoxy groups -OCH3 is 1. The summed E-state index contributed by atoms with van der Waals surface area (Å²) in [6.07, 6.45) is 0.209. The van der Waals surface area contributed by atoms with Crippen molar-refractivity contribution in [1.82, 2.24) is 10.2 Å². The Bertz CT molecular complexity index is 1670. The van der Waals surface area contributed by atoms with E-state index in [-0.39, 0.29) is 35.5 Å². The lowest BCUT2D eigenvalue weighted by molar-refractivity contribution is -0.140. The summed E-state index contributed by atoms with van der Waals surface area (Å²) >= 11 is 6.53. The molecule has 10 heteroatoms. The fourth-order valence-electron chi connectivity index (χ4n) is 4.76. The van der Waals surface area contributed by atoms with Crippen molar-refractivity contribution in [3.05, 3.63) is 125 Å². The molecule has 1 N–H and O–H groups in total. The number of amides is 2. The molecule has 44 heavy (non-hydrogen) atoms. The number of rotatable bonds is 13. The molecule has 0 aliphatic rings. The van der Waals surface area contributed by atoms with Gasteiger partial charge < -0.3 is 15.0 Å². The van der Waals surface area contributed by atoms with Crippen LogP contribution in [0.25, 0.3) is 0 Å². The molecule has 0 aliphatic heterocycles. The van der Waals surface area contributed by atoms with Crippen LogP contribution in [-0.2, 0) is 32.6 Å². The molecule has 0 saturated heterocycles. The predicted molar refractivity (Wildman–Crippen MR) is 173 cm³/mol. The fraction of sp³-hybridized carbons (Fsp3) is 0.235. The number of sulfonamides is 1. The van der Waals surface area contributed by atoms with Crippen LogP contribution in [0.1, 0.15) is 25.0 Å². The van der Waals surface area contributed by atoms with Crippen LogP contribution in [0.3, 0.4) is 0 Å². The number of ether oxygens (including phenoxy) is 1. The summed E-state index contributed by atoms with van der Waals surface area (Å²) in [5.41, 5.74) is 1.71. The lowest BCUT2D eigenvalue weighted by atomic mass is 10.0. The Hall–Kier alpha value is -4.34. The third-order valence-electron chi connectivity index (χ3n) is 6.95. The van der Waals surface area contributed by atoms with Gasteiger partial charge >= 0.3 is 0 Å². The van der Waals surface area contributed by atoms with E-state index in [1.165, 1.54) is 24.1 Å². The van der Waals surface area contributed by atoms with Crippen LogP contribution in [0, 0.1) is 0 Å². The Morgan fingerprint density at radius 2 is 1.50 bits per heavy atom. The molecule has 4 aromatic rings. The second-order valence-electron chi connectivity index (χ2n) is 10.5. The van der Waals surface area contributed by atoms with Gasteiger partial charge in [0.05, 0.1) is 17.7 Å². The van der Waals surface area contributed by atoms with Gasteiger partial charge in [0.15, 0.2) is 0 Å². The number of benzene rings is 4. The molecular weight excluding hydrogens is 598 g/mol. The second-order valence-corrected chi connectivity index (χ2v) is 12.8. The molecule has 0 bridgehead atoms. The molecule has 0 heterocycles. The quantitative estimate of drug-likeness (QED) is 0.204. The minimum Gasteiger partial charge on any atom is -0.497 e. The third kappa shape index (κ3) is 8.18. The topological polar surface area (TPSA) is 96.0 Å². The fourth-order valence-corrected chi connectivity index (χ4v) is 6.38. The minimum atomic E-state index is -4.21. The molecular formula is C34H36ClN3O5S. The smallest absolute Gasteiger partial charge is 0.264 e. The first kappa shape index (κ1) is 32.6. The van der Waals surface area contributed by atoms with Crippen molar-refractivity contribution in [2.75, 3.05) is 18.0 Å². The molecule has 0 aromatic heterocycles. The van der Waals surface area contributed by atoms with Gasteiger partial charge in [-0.3, -0.25) is 13.9 Å². The Kier molecular flexibility index (Phi) is 11.0. The van der Waals surface area contributed by atoms with Crippen LogP contribution in [-0.4, -0.2) is 50.9 Å². The summed E-state index contributed by atoms with van der Waals surface area (Å²) in [6.45, 7) is 3.09. The minimum absolute atomic E-state index is 0.0150. The van der Waals surface area contributed by atoms with Crippen molar-refractivity contribution in [2.45, 2.75) is 43.8 Å². The highest BCUT2D eigenvalue weighted by Gasteiger charge is 2.35. The van der Waals surface area contributed by atoms with Crippen molar-refractivity contribution in [3.8, 4) is 5.75 Å². The standard InChI is InChI=1S/C34H36ClN3O5S/c1-25(2)36-34(40)32(21-26-13-6-4-7-14-26)37(23-27-15-10-11-20-31(27)35)33(39)24-38(28-16-12-17-29(22-28)43-3)44(41,42)30-18-8-5-9-19-30/h4-20,22,25,32H,21,23-24H2,1-3H3,(H,36,40)/t32-/m0/s1. The zero-order chi connectivity index (χ0) is 31.7. The van der Waals surface area contributed by atoms with Crippen molar-refractivity contribution in [1.29, 1.82) is 0 Å². The predicted octanol–water partition coefficient (Wildman–Crippen LogP) is 5.71. The van der Waals surface area contributed by atoms with E-state index in [0.717, 1.165) is 9.87 Å². The largest absolute Gasteiger partial charge is 0.497 e. The Labute approximate surface area is 264 Å². The van der Waals surface area contributed by atoms with Gasteiger partial charge in [-0.2, -0.15) is 0 Å². The van der Waals surface area contributed by atoms with Crippen molar-refractivity contribution < 1.29 is 22.7 Å². The summed E-state index contributed by atoms with van der Waals surface area (Å²) in [7, 11) is -2.73. The molecule has 230 valence electrons. The zero-order valence-electron chi connectivity index (χ0n) is 24.9. The molecule has 4 aromatic carbocycles. The van der Waals surface area contributed by atoms with E-state index in [2.05, 4.69) is 5.32 Å². The molecule has 8 nitrogen and oxygen atoms in total. The Balaban J connectivity index is 1.82. The molecule has 0 aliphatic carbocycles. The normalized spacial score (nSPS) is 11.9. The van der Waals surface area contributed by atoms with Crippen LogP contribution in [0.5, 0.6) is 5.75 Å². The molecule has 0 radical (unpaired) electrons. The van der Waals surface area contributed by atoms with Crippen LogP contribution >= 0.6 is 11.6 Å². The molecule has 0 fully saturated rings. The summed E-state index contributed by atoms with van der Waals surface area (Å²) in [5, 5.41) is 3.37. The third-order valence-corrected chi connectivity index (χ3v) is 9.11. The van der Waals surface area contributed by atoms with Gasteiger partial charge in [-0.05, 0) is 55.3 Å². The highest BCUT2D eigenvalue weighted by atomic mass is 35.5. The molecule has 4 rings (SSSR count). The molecule has 0 unspecified atom stereocenters. The van der Waals surface area contributed by atoms with E-state index in [9.17, 15) is 18.0 Å². The molecule has 0 saturated carbocycles. The highest BCUT2D eigenvalue weighted by molar-refractivity contribution is 7.92. The van der Waals surface area contributed by atoms with E-state index in [1.54, 1.807) is 66.7 Å². The van der Waals surface area contributed by atoms with Gasteiger partial charge in [-0.25, -0.2) is 8.42 Å². The van der Waals surface area contributed by atoms with Crippen molar-refractivity contribution in [2.24, 2.45) is 0 Å². The number of hydrogen-bond acceptors (Lipinski definition) is 5. The van der Waals surface area contributed by atoms with Crippen LogP contribution in [0.4, 0.5) is 5.69 Å². The first-order valence-corrected chi connectivity index (χ1v) is 16.0. The number of carbonyl (C=O) groups excluding carboxylic acids is 2. The first-order valence-electron chi connectivity index (χ1n) is 14.2. The van der Waals surface area contributed by atoms with E-state index in [4.69, 9.17) is 16.3 Å². The maximum absolute atomic E-state index is 14.5. The van der Waals surface area contributed by atoms with Gasteiger partial charge in [-0.1, -0.05) is 84.4 Å². The van der Waals surface area contributed by atoms with E-state index in [0.29, 0.717) is 16.3 Å². The maximum atomic E-state index is 14.5. The van der Waals surface area contributed by atoms with Crippen LogP contribution < -0.4 is 14.4 Å². The summed E-state index contributed by atoms with van der Waals surface area (Å²) < 4.78 is 34.5. The van der Waals surface area contributed by atoms with Gasteiger partial charge in [-0.15, -0.1) is 0 Å². The summed E-state index contributed by atoms with van der Waals surface area (Å²) in [6, 6.07) is 29.7. The van der Waals surface area contributed by atoms with Crippen molar-refractivity contribution >= 4 is 39.1 Å². The number of nitrogens with one attached hydrogen (secondary N) is 1. The summed E-state index contributed by atoms with van der Waals surface area (Å²) in [4.78, 5) is 29.6. The zero-order valence-corrected chi connectivity index (χ0v) is 26.5. The Morgan fingerprint density at radius 1 is 0.864 bits per heavy atom. The van der Waals surface area contributed by atoms with Gasteiger partial charge in [0, 0.05) is 30.1 Å². The average molecular weight is 634 g/mol. The van der Waals surface area contributed by atoms with E-state index >= 15 is 0 Å².